The van der Waals surface area contributed by atoms with Crippen LogP contribution in [-0.2, 0) is 9.30 Å². The van der Waals surface area contributed by atoms with Gasteiger partial charge in [0, 0.05) is 0 Å². The van der Waals surface area contributed by atoms with E-state index >= 15 is 0 Å². The molecule has 1 aromatic heterocycles. The highest BCUT2D eigenvalue weighted by Crippen LogP contribution is 2.51. The van der Waals surface area contributed by atoms with Gasteiger partial charge in [-0.05, 0) is 6.92 Å². The number of ether oxygens (including phenoxy) is 1. The van der Waals surface area contributed by atoms with Crippen molar-refractivity contribution < 1.29 is 49.5 Å². The molecule has 1 heterocycles. The van der Waals surface area contributed by atoms with Gasteiger partial charge in [-0.2, -0.15) is 31.3 Å². The number of hydrogen-bond acceptors (Lipinski definition) is 6. The summed E-state index contributed by atoms with van der Waals surface area (Å²) in [5.41, 5.74) is -1.73. The predicted octanol–water partition coefficient (Wildman–Crippen LogP) is 2.78. The molecule has 27 heavy (non-hydrogen) atoms. The average molecular weight is 429 g/mol. The van der Waals surface area contributed by atoms with Crippen LogP contribution in [0.5, 0.6) is 0 Å². The zero-order valence-corrected chi connectivity index (χ0v) is 14.1. The Bertz CT molecular complexity index is 772. The van der Waals surface area contributed by atoms with Gasteiger partial charge in [-0.15, -0.1) is 4.73 Å². The van der Waals surface area contributed by atoms with E-state index in [0.29, 0.717) is 0 Å². The monoisotopic (exact) mass is 429 g/mol. The van der Waals surface area contributed by atoms with Crippen LogP contribution in [0.2, 0.25) is 0 Å². The Labute approximate surface area is 145 Å². The maximum absolute atomic E-state index is 13.8. The molecule has 0 aromatic carbocycles. The van der Waals surface area contributed by atoms with E-state index in [1.807, 2.05) is 0 Å². The third-order valence-electron chi connectivity index (χ3n) is 2.43. The maximum Gasteiger partial charge on any atom is 0.412 e. The van der Waals surface area contributed by atoms with Crippen LogP contribution >= 0.6 is 7.37 Å². The number of aromatic nitrogens is 2. The average Bonchev–Trinajstić information content (AvgIpc) is 2.39. The number of carbonyl (C=O) groups excluding carboxylic acids is 1. The second kappa shape index (κ2) is 8.15. The molecule has 8 nitrogen and oxygen atoms in total. The molecule has 1 rings (SSSR count). The van der Waals surface area contributed by atoms with Crippen molar-refractivity contribution in [2.75, 3.05) is 24.2 Å². The first-order chi connectivity index (χ1) is 12.1. The Morgan fingerprint density at radius 1 is 1.22 bits per heavy atom. The van der Waals surface area contributed by atoms with Gasteiger partial charge < -0.3 is 9.36 Å². The highest BCUT2D eigenvalue weighted by atomic mass is 31.2. The molecule has 0 unspecified atom stereocenters. The summed E-state index contributed by atoms with van der Waals surface area (Å²) in [5, 5.41) is 1.67. The van der Waals surface area contributed by atoms with Crippen LogP contribution in [0.15, 0.2) is 11.0 Å². The smallest absolute Gasteiger partial charge is 0.412 e. The lowest BCUT2D eigenvalue weighted by Crippen LogP contribution is -2.34. The molecule has 0 saturated heterocycles. The molecule has 1 amide bonds. The van der Waals surface area contributed by atoms with Crippen LogP contribution in [0.25, 0.3) is 0 Å². The Kier molecular flexibility index (Phi) is 6.86. The van der Waals surface area contributed by atoms with Crippen LogP contribution in [0.4, 0.5) is 41.3 Å². The Morgan fingerprint density at radius 3 is 2.19 bits per heavy atom. The van der Waals surface area contributed by atoms with Crippen molar-refractivity contribution in [2.45, 2.75) is 19.3 Å². The maximum atomic E-state index is 13.8. The van der Waals surface area contributed by atoms with E-state index in [9.17, 15) is 44.9 Å². The third-order valence-corrected chi connectivity index (χ3v) is 4.58. The van der Waals surface area contributed by atoms with Crippen molar-refractivity contribution in [3.05, 3.63) is 22.5 Å². The lowest BCUT2D eigenvalue weighted by atomic mass is 10.5. The number of alkyl halides is 6. The number of rotatable bonds is 6. The third kappa shape index (κ3) is 7.85. The number of nitrogens with zero attached hydrogens (tertiary/aromatic N) is 2. The van der Waals surface area contributed by atoms with Crippen molar-refractivity contribution >= 4 is 19.3 Å². The molecule has 0 aliphatic rings. The fraction of sp³-hybridized carbons (Fsp3) is 0.545. The minimum atomic E-state index is -5.59. The van der Waals surface area contributed by atoms with E-state index in [1.165, 1.54) is 6.92 Å². The first-order valence-electron chi connectivity index (χ1n) is 6.79. The minimum Gasteiger partial charge on any atom is -0.450 e. The van der Waals surface area contributed by atoms with Gasteiger partial charge in [-0.1, -0.05) is 0 Å². The van der Waals surface area contributed by atoms with Gasteiger partial charge in [0.1, 0.15) is 12.3 Å². The SMILES string of the molecule is CCOC(=O)Nc1nc(=O)n(OP(=O)(CC(F)(F)F)CC(F)(F)F)cc1F. The first-order valence-corrected chi connectivity index (χ1v) is 8.78. The molecule has 0 atom stereocenters. The van der Waals surface area contributed by atoms with Gasteiger partial charge in [0.2, 0.25) is 0 Å². The number of halogens is 7. The fourth-order valence-electron chi connectivity index (χ4n) is 1.65. The van der Waals surface area contributed by atoms with Gasteiger partial charge in [-0.25, -0.2) is 14.0 Å². The standard InChI is InChI=1S/C11H11F7N3O5P/c1-2-25-9(23)20-7-6(12)3-21(8(22)19-7)26-27(24,4-10(13,14)15)5-11(16,17)18/h3H,2,4-5H2,1H3,(H,19,20,22,23). The normalized spacial score (nSPS) is 12.6. The van der Waals surface area contributed by atoms with Crippen LogP contribution in [-0.4, -0.2) is 47.1 Å². The number of carbonyl (C=O) groups is 1. The quantitative estimate of drug-likeness (QED) is 0.552. The predicted molar refractivity (Wildman–Crippen MR) is 75.1 cm³/mol. The topological polar surface area (TPSA) is 99.5 Å². The zero-order chi connectivity index (χ0) is 21.0. The number of nitrogens with one attached hydrogen (secondary N) is 1. The van der Waals surface area contributed by atoms with E-state index in [1.54, 1.807) is 5.32 Å². The molecule has 0 saturated carbocycles. The molecule has 0 aliphatic heterocycles. The number of amides is 1. The molecule has 154 valence electrons. The molecule has 0 spiro atoms. The lowest BCUT2D eigenvalue weighted by molar-refractivity contribution is -0.115. The fourth-order valence-corrected chi connectivity index (χ4v) is 3.41. The van der Waals surface area contributed by atoms with Gasteiger partial charge in [0.25, 0.3) is 7.37 Å². The molecular formula is C11H11F7N3O5P. The summed E-state index contributed by atoms with van der Waals surface area (Å²) in [6, 6.07) is 0. The summed E-state index contributed by atoms with van der Waals surface area (Å²) >= 11 is 0. The van der Waals surface area contributed by atoms with Crippen LogP contribution in [0.3, 0.4) is 0 Å². The van der Waals surface area contributed by atoms with Crippen LogP contribution in [0, 0.1) is 5.82 Å². The Balaban J connectivity index is 3.19. The highest BCUT2D eigenvalue weighted by Gasteiger charge is 2.48. The second-order valence-electron chi connectivity index (χ2n) is 4.83. The largest absolute Gasteiger partial charge is 0.450 e. The molecule has 16 heteroatoms. The van der Waals surface area contributed by atoms with E-state index in [2.05, 4.69) is 14.3 Å². The summed E-state index contributed by atoms with van der Waals surface area (Å²) in [6.07, 6.45) is -17.0. The second-order valence-corrected chi connectivity index (χ2v) is 7.26. The highest BCUT2D eigenvalue weighted by molar-refractivity contribution is 7.59. The van der Waals surface area contributed by atoms with Crippen molar-refractivity contribution in [2.24, 2.45) is 0 Å². The molecule has 1 aromatic rings. The van der Waals surface area contributed by atoms with Gasteiger partial charge >= 0.3 is 24.1 Å². The number of hydrogen-bond donors (Lipinski definition) is 1. The summed E-state index contributed by atoms with van der Waals surface area (Å²) < 4.78 is 108. The molecule has 0 radical (unpaired) electrons. The Morgan fingerprint density at radius 2 is 1.74 bits per heavy atom. The molecule has 0 fully saturated rings. The lowest BCUT2D eigenvalue weighted by Gasteiger charge is -2.22. The van der Waals surface area contributed by atoms with Crippen molar-refractivity contribution in [3.63, 3.8) is 0 Å². The summed E-state index contributed by atoms with van der Waals surface area (Å²) in [5.74, 6) is -2.60. The van der Waals surface area contributed by atoms with Gasteiger partial charge in [-0.3, -0.25) is 9.88 Å². The summed E-state index contributed by atoms with van der Waals surface area (Å²) in [6.45, 7) is 1.26. The van der Waals surface area contributed by atoms with Crippen LogP contribution < -0.4 is 15.6 Å². The summed E-state index contributed by atoms with van der Waals surface area (Å²) in [4.78, 5) is 25.6. The van der Waals surface area contributed by atoms with Crippen LogP contribution in [0.1, 0.15) is 6.92 Å². The van der Waals surface area contributed by atoms with E-state index < -0.39 is 60.2 Å². The van der Waals surface area contributed by atoms with E-state index in [0.717, 1.165) is 0 Å². The Hall–Kier alpha value is -2.31. The van der Waals surface area contributed by atoms with Crippen molar-refractivity contribution in [1.82, 2.24) is 9.71 Å². The van der Waals surface area contributed by atoms with E-state index in [4.69, 9.17) is 0 Å². The zero-order valence-electron chi connectivity index (χ0n) is 13.2. The molecule has 0 bridgehead atoms. The molecule has 1 N–H and O–H groups in total. The van der Waals surface area contributed by atoms with Gasteiger partial charge in [0.15, 0.2) is 11.6 Å². The molecule has 0 aliphatic carbocycles. The van der Waals surface area contributed by atoms with Gasteiger partial charge in [0.05, 0.1) is 12.8 Å². The van der Waals surface area contributed by atoms with E-state index in [-0.39, 0.29) is 12.8 Å². The minimum absolute atomic E-state index is 0.0176. The summed E-state index contributed by atoms with van der Waals surface area (Å²) in [7, 11) is -5.59. The number of anilines is 1. The first kappa shape index (κ1) is 22.7. The van der Waals surface area contributed by atoms with Crippen molar-refractivity contribution in [1.29, 1.82) is 0 Å². The molecular weight excluding hydrogens is 418 g/mol. The van der Waals surface area contributed by atoms with Crippen molar-refractivity contribution in [3.8, 4) is 0 Å².